The van der Waals surface area contributed by atoms with Crippen molar-refractivity contribution >= 4 is 5.97 Å². The number of carboxylic acid groups (broad SMARTS) is 1. The molecule has 0 saturated carbocycles. The Bertz CT molecular complexity index is 506. The highest BCUT2D eigenvalue weighted by molar-refractivity contribution is 5.68. The maximum absolute atomic E-state index is 10.2. The van der Waals surface area contributed by atoms with Crippen LogP contribution in [-0.4, -0.2) is 17.7 Å². The largest absolute Gasteiger partial charge is 0.482 e. The lowest BCUT2D eigenvalue weighted by atomic mass is 10.2. The number of ether oxygens (including phenoxy) is 1. The molecule has 19 heavy (non-hydrogen) atoms. The van der Waals surface area contributed by atoms with Crippen molar-refractivity contribution in [2.75, 3.05) is 6.61 Å². The SMILES string of the molecule is Cc1ccccc1.Cc1ccccc1OCC(=O)O. The summed E-state index contributed by atoms with van der Waals surface area (Å²) < 4.78 is 5.00. The van der Waals surface area contributed by atoms with E-state index < -0.39 is 5.97 Å². The van der Waals surface area contributed by atoms with Gasteiger partial charge in [-0.15, -0.1) is 0 Å². The van der Waals surface area contributed by atoms with Gasteiger partial charge in [0.25, 0.3) is 0 Å². The maximum atomic E-state index is 10.2. The fourth-order valence-corrected chi connectivity index (χ4v) is 1.39. The van der Waals surface area contributed by atoms with Crippen molar-refractivity contribution in [2.24, 2.45) is 0 Å². The number of para-hydroxylation sites is 1. The van der Waals surface area contributed by atoms with Gasteiger partial charge in [-0.05, 0) is 25.5 Å². The first kappa shape index (κ1) is 14.8. The highest BCUT2D eigenvalue weighted by atomic mass is 16.5. The fourth-order valence-electron chi connectivity index (χ4n) is 1.39. The van der Waals surface area contributed by atoms with Crippen LogP contribution in [0.2, 0.25) is 0 Å². The number of benzene rings is 2. The smallest absolute Gasteiger partial charge is 0.341 e. The van der Waals surface area contributed by atoms with Crippen molar-refractivity contribution in [1.29, 1.82) is 0 Å². The first-order valence-corrected chi connectivity index (χ1v) is 6.01. The zero-order chi connectivity index (χ0) is 14.1. The normalized spacial score (nSPS) is 9.16. The molecule has 0 unspecified atom stereocenters. The van der Waals surface area contributed by atoms with Crippen LogP contribution < -0.4 is 4.74 Å². The zero-order valence-corrected chi connectivity index (χ0v) is 11.2. The molecule has 0 aliphatic rings. The van der Waals surface area contributed by atoms with E-state index in [2.05, 4.69) is 19.1 Å². The van der Waals surface area contributed by atoms with E-state index in [1.54, 1.807) is 6.07 Å². The molecule has 3 nitrogen and oxygen atoms in total. The van der Waals surface area contributed by atoms with Crippen molar-refractivity contribution < 1.29 is 14.6 Å². The molecule has 1 N–H and O–H groups in total. The van der Waals surface area contributed by atoms with Crippen LogP contribution in [0.4, 0.5) is 0 Å². The van der Waals surface area contributed by atoms with E-state index in [0.717, 1.165) is 5.56 Å². The molecule has 0 bridgehead atoms. The Hall–Kier alpha value is -2.29. The van der Waals surface area contributed by atoms with Gasteiger partial charge < -0.3 is 9.84 Å². The van der Waals surface area contributed by atoms with Crippen LogP contribution in [0.5, 0.6) is 5.75 Å². The second kappa shape index (κ2) is 7.93. The van der Waals surface area contributed by atoms with Gasteiger partial charge in [-0.3, -0.25) is 0 Å². The molecule has 2 rings (SSSR count). The van der Waals surface area contributed by atoms with Gasteiger partial charge >= 0.3 is 5.97 Å². The Morgan fingerprint density at radius 3 is 2.05 bits per heavy atom. The topological polar surface area (TPSA) is 46.5 Å². The summed E-state index contributed by atoms with van der Waals surface area (Å²) in [5.74, 6) is -0.335. The molecule has 2 aromatic rings. The summed E-state index contributed by atoms with van der Waals surface area (Å²) in [6, 6.07) is 17.6. The van der Waals surface area contributed by atoms with E-state index in [0.29, 0.717) is 5.75 Å². The average molecular weight is 258 g/mol. The lowest BCUT2D eigenvalue weighted by molar-refractivity contribution is -0.139. The Kier molecular flexibility index (Phi) is 6.16. The third kappa shape index (κ3) is 6.27. The van der Waals surface area contributed by atoms with Gasteiger partial charge in [0, 0.05) is 0 Å². The highest BCUT2D eigenvalue weighted by Crippen LogP contribution is 2.15. The Labute approximate surface area is 113 Å². The predicted molar refractivity (Wildman–Crippen MR) is 75.5 cm³/mol. The molecule has 0 spiro atoms. The first-order valence-electron chi connectivity index (χ1n) is 6.01. The molecule has 0 saturated heterocycles. The van der Waals surface area contributed by atoms with Gasteiger partial charge in [-0.25, -0.2) is 4.79 Å². The number of carbonyl (C=O) groups is 1. The van der Waals surface area contributed by atoms with E-state index >= 15 is 0 Å². The molecule has 0 heterocycles. The number of hydrogen-bond donors (Lipinski definition) is 1. The predicted octanol–water partition coefficient (Wildman–Crippen LogP) is 3.45. The van der Waals surface area contributed by atoms with E-state index in [4.69, 9.17) is 9.84 Å². The summed E-state index contributed by atoms with van der Waals surface area (Å²) in [4.78, 5) is 10.2. The van der Waals surface area contributed by atoms with E-state index in [1.807, 2.05) is 43.3 Å². The fraction of sp³-hybridized carbons (Fsp3) is 0.188. The molecule has 0 aromatic heterocycles. The Balaban J connectivity index is 0.000000218. The lowest BCUT2D eigenvalue weighted by Gasteiger charge is -2.04. The van der Waals surface area contributed by atoms with Gasteiger partial charge in [0.2, 0.25) is 0 Å². The second-order valence-corrected chi connectivity index (χ2v) is 4.10. The molecular formula is C16H18O3. The van der Waals surface area contributed by atoms with Gasteiger partial charge in [0.15, 0.2) is 6.61 Å². The first-order chi connectivity index (χ1) is 9.09. The summed E-state index contributed by atoms with van der Waals surface area (Å²) in [6.45, 7) is 3.67. The molecule has 100 valence electrons. The van der Waals surface area contributed by atoms with Crippen LogP contribution in [0, 0.1) is 13.8 Å². The summed E-state index contributed by atoms with van der Waals surface area (Å²) in [5, 5.41) is 8.34. The zero-order valence-electron chi connectivity index (χ0n) is 11.2. The number of hydrogen-bond acceptors (Lipinski definition) is 2. The third-order valence-corrected chi connectivity index (χ3v) is 2.39. The summed E-state index contributed by atoms with van der Waals surface area (Å²) >= 11 is 0. The molecule has 3 heteroatoms. The van der Waals surface area contributed by atoms with Crippen LogP contribution in [0.1, 0.15) is 11.1 Å². The minimum Gasteiger partial charge on any atom is -0.482 e. The Morgan fingerprint density at radius 1 is 1.00 bits per heavy atom. The van der Waals surface area contributed by atoms with Crippen LogP contribution >= 0.6 is 0 Å². The van der Waals surface area contributed by atoms with Crippen LogP contribution in [0.15, 0.2) is 54.6 Å². The number of carboxylic acids is 1. The van der Waals surface area contributed by atoms with Crippen LogP contribution in [0.3, 0.4) is 0 Å². The minimum atomic E-state index is -0.960. The molecule has 0 radical (unpaired) electrons. The molecule has 0 aliphatic carbocycles. The van der Waals surface area contributed by atoms with Gasteiger partial charge in [0.1, 0.15) is 5.75 Å². The molecule has 2 aromatic carbocycles. The quantitative estimate of drug-likeness (QED) is 0.917. The monoisotopic (exact) mass is 258 g/mol. The lowest BCUT2D eigenvalue weighted by Crippen LogP contribution is -2.09. The summed E-state index contributed by atoms with van der Waals surface area (Å²) in [5.41, 5.74) is 2.27. The van der Waals surface area contributed by atoms with Crippen molar-refractivity contribution in [3.05, 3.63) is 65.7 Å². The highest BCUT2D eigenvalue weighted by Gasteiger charge is 2.00. The summed E-state index contributed by atoms with van der Waals surface area (Å²) in [7, 11) is 0. The van der Waals surface area contributed by atoms with E-state index in [1.165, 1.54) is 5.56 Å². The molecule has 0 amide bonds. The van der Waals surface area contributed by atoms with E-state index in [9.17, 15) is 4.79 Å². The van der Waals surface area contributed by atoms with Crippen LogP contribution in [-0.2, 0) is 4.79 Å². The van der Waals surface area contributed by atoms with Gasteiger partial charge in [-0.1, -0.05) is 54.1 Å². The number of aliphatic carboxylic acids is 1. The van der Waals surface area contributed by atoms with E-state index in [-0.39, 0.29) is 6.61 Å². The van der Waals surface area contributed by atoms with Crippen molar-refractivity contribution in [1.82, 2.24) is 0 Å². The molecule has 0 fully saturated rings. The molecule has 0 atom stereocenters. The maximum Gasteiger partial charge on any atom is 0.341 e. The van der Waals surface area contributed by atoms with Gasteiger partial charge in [-0.2, -0.15) is 0 Å². The second-order valence-electron chi connectivity index (χ2n) is 4.10. The third-order valence-electron chi connectivity index (χ3n) is 2.39. The molecular weight excluding hydrogens is 240 g/mol. The van der Waals surface area contributed by atoms with Crippen molar-refractivity contribution in [3.63, 3.8) is 0 Å². The molecule has 0 aliphatic heterocycles. The number of aryl methyl sites for hydroxylation is 2. The van der Waals surface area contributed by atoms with Crippen molar-refractivity contribution in [2.45, 2.75) is 13.8 Å². The van der Waals surface area contributed by atoms with Crippen LogP contribution in [0.25, 0.3) is 0 Å². The van der Waals surface area contributed by atoms with Crippen molar-refractivity contribution in [3.8, 4) is 5.75 Å². The van der Waals surface area contributed by atoms with Gasteiger partial charge in [0.05, 0.1) is 0 Å². The minimum absolute atomic E-state index is 0.287. The number of rotatable bonds is 3. The average Bonchev–Trinajstić information content (AvgIpc) is 2.39. The standard InChI is InChI=1S/C9H10O3.C7H8/c1-7-4-2-3-5-8(7)12-6-9(10)11;1-7-5-3-2-4-6-7/h2-5H,6H2,1H3,(H,10,11);2-6H,1H3. The summed E-state index contributed by atoms with van der Waals surface area (Å²) in [6.07, 6.45) is 0. The Morgan fingerprint density at radius 2 is 1.58 bits per heavy atom.